The lowest BCUT2D eigenvalue weighted by molar-refractivity contribution is 0.0851. The minimum absolute atomic E-state index is 0.289. The normalized spacial score (nSPS) is 9.88. The van der Waals surface area contributed by atoms with Gasteiger partial charge in [0.15, 0.2) is 0 Å². The van der Waals surface area contributed by atoms with E-state index in [1.165, 1.54) is 22.7 Å². The second kappa shape index (κ2) is 5.16. The van der Waals surface area contributed by atoms with Gasteiger partial charge < -0.3 is 0 Å². The molecule has 2 aromatic rings. The zero-order valence-electron chi connectivity index (χ0n) is 9.02. The maximum Gasteiger partial charge on any atom is 0.279 e. The number of carbonyl (C=O) groups is 2. The van der Waals surface area contributed by atoms with Crippen molar-refractivity contribution in [2.45, 2.75) is 0 Å². The molecular formula is C10H9BN2O2S2. The summed E-state index contributed by atoms with van der Waals surface area (Å²) in [7, 11) is 1.85. The number of hydrogen-bond acceptors (Lipinski definition) is 4. The van der Waals surface area contributed by atoms with Gasteiger partial charge in [-0.05, 0) is 16.8 Å². The maximum absolute atomic E-state index is 11.7. The molecule has 2 heterocycles. The van der Waals surface area contributed by atoms with Gasteiger partial charge in [-0.15, -0.1) is 22.7 Å². The summed E-state index contributed by atoms with van der Waals surface area (Å²) in [4.78, 5) is 24.4. The van der Waals surface area contributed by atoms with E-state index in [9.17, 15) is 9.59 Å². The highest BCUT2D eigenvalue weighted by atomic mass is 32.1. The third-order valence-corrected chi connectivity index (χ3v) is 3.99. The van der Waals surface area contributed by atoms with Crippen LogP contribution in [0.1, 0.15) is 19.3 Å². The van der Waals surface area contributed by atoms with Crippen LogP contribution in [0.15, 0.2) is 29.0 Å². The zero-order chi connectivity index (χ0) is 12.3. The van der Waals surface area contributed by atoms with Crippen LogP contribution in [0.5, 0.6) is 0 Å². The van der Waals surface area contributed by atoms with E-state index in [2.05, 4.69) is 10.9 Å². The largest absolute Gasteiger partial charge is 0.279 e. The van der Waals surface area contributed by atoms with Crippen LogP contribution in [0, 0.1) is 0 Å². The van der Waals surface area contributed by atoms with Crippen molar-refractivity contribution in [2.24, 2.45) is 0 Å². The van der Waals surface area contributed by atoms with E-state index >= 15 is 0 Å². The molecule has 0 unspecified atom stereocenters. The van der Waals surface area contributed by atoms with Gasteiger partial charge >= 0.3 is 0 Å². The fourth-order valence-corrected chi connectivity index (χ4v) is 2.68. The summed E-state index contributed by atoms with van der Waals surface area (Å²) in [6.07, 6.45) is 0. The Morgan fingerprint density at radius 1 is 1.06 bits per heavy atom. The van der Waals surface area contributed by atoms with Gasteiger partial charge in [0.05, 0.1) is 9.75 Å². The maximum atomic E-state index is 11.7. The predicted molar refractivity (Wildman–Crippen MR) is 71.7 cm³/mol. The molecule has 0 saturated heterocycles. The summed E-state index contributed by atoms with van der Waals surface area (Å²) >= 11 is 2.67. The van der Waals surface area contributed by atoms with Crippen molar-refractivity contribution in [3.63, 3.8) is 0 Å². The number of hydrazine groups is 1. The smallest absolute Gasteiger partial charge is 0.267 e. The van der Waals surface area contributed by atoms with Crippen LogP contribution in [0.3, 0.4) is 0 Å². The molecular weight excluding hydrogens is 255 g/mol. The average molecular weight is 264 g/mol. The van der Waals surface area contributed by atoms with Crippen molar-refractivity contribution in [2.75, 3.05) is 0 Å². The Bertz CT molecular complexity index is 536. The number of carbonyl (C=O) groups excluding carboxylic acids is 2. The Balaban J connectivity index is 1.93. The molecule has 0 spiro atoms. The topological polar surface area (TPSA) is 58.2 Å². The first kappa shape index (κ1) is 11.9. The Kier molecular flexibility index (Phi) is 3.60. The van der Waals surface area contributed by atoms with Crippen LogP contribution in [-0.2, 0) is 0 Å². The summed E-state index contributed by atoms with van der Waals surface area (Å²) in [6.45, 7) is 0. The van der Waals surface area contributed by atoms with Crippen LogP contribution in [0.25, 0.3) is 0 Å². The predicted octanol–water partition coefficient (Wildman–Crippen LogP) is 0.143. The molecule has 2 amide bonds. The molecule has 2 aromatic heterocycles. The van der Waals surface area contributed by atoms with Gasteiger partial charge in [-0.1, -0.05) is 17.6 Å². The third-order valence-electron chi connectivity index (χ3n) is 2.10. The van der Waals surface area contributed by atoms with Gasteiger partial charge in [-0.2, -0.15) is 0 Å². The second-order valence-corrected chi connectivity index (χ2v) is 5.18. The SMILES string of the molecule is Bc1ccsc1C(=O)NNC(=O)c1cccs1. The molecule has 0 bridgehead atoms. The highest BCUT2D eigenvalue weighted by Gasteiger charge is 2.12. The van der Waals surface area contributed by atoms with Gasteiger partial charge in [0.1, 0.15) is 7.85 Å². The van der Waals surface area contributed by atoms with E-state index in [1.807, 2.05) is 19.3 Å². The van der Waals surface area contributed by atoms with Gasteiger partial charge in [-0.25, -0.2) is 0 Å². The molecule has 0 aliphatic carbocycles. The Hall–Kier alpha value is -1.60. The lowest BCUT2D eigenvalue weighted by atomic mass is 9.97. The lowest BCUT2D eigenvalue weighted by Crippen LogP contribution is -2.42. The molecule has 0 atom stereocenters. The molecule has 17 heavy (non-hydrogen) atoms. The lowest BCUT2D eigenvalue weighted by Gasteiger charge is -2.05. The van der Waals surface area contributed by atoms with E-state index in [0.717, 1.165) is 5.46 Å². The standard InChI is InChI=1S/C10H9BN2O2S2/c11-6-3-5-17-8(6)10(15)13-12-9(14)7-2-1-4-16-7/h1-5H,11H2,(H,12,14)(H,13,15). The first-order valence-corrected chi connectivity index (χ1v) is 6.62. The number of amides is 2. The minimum Gasteiger partial charge on any atom is -0.267 e. The number of rotatable bonds is 2. The van der Waals surface area contributed by atoms with Crippen LogP contribution < -0.4 is 16.3 Å². The Morgan fingerprint density at radius 2 is 1.82 bits per heavy atom. The van der Waals surface area contributed by atoms with Crippen molar-refractivity contribution in [1.29, 1.82) is 0 Å². The molecule has 4 nitrogen and oxygen atoms in total. The van der Waals surface area contributed by atoms with E-state index < -0.39 is 0 Å². The number of hydrogen-bond donors (Lipinski definition) is 2. The molecule has 0 saturated carbocycles. The highest BCUT2D eigenvalue weighted by molar-refractivity contribution is 7.13. The molecule has 7 heteroatoms. The Morgan fingerprint density at radius 3 is 2.41 bits per heavy atom. The zero-order valence-corrected chi connectivity index (χ0v) is 10.7. The average Bonchev–Trinajstić information content (AvgIpc) is 2.95. The summed E-state index contributed by atoms with van der Waals surface area (Å²) in [5.41, 5.74) is 5.67. The van der Waals surface area contributed by atoms with Crippen LogP contribution in [-0.4, -0.2) is 19.7 Å². The van der Waals surface area contributed by atoms with E-state index in [4.69, 9.17) is 0 Å². The van der Waals surface area contributed by atoms with Crippen LogP contribution >= 0.6 is 22.7 Å². The first-order chi connectivity index (χ1) is 8.18. The highest BCUT2D eigenvalue weighted by Crippen LogP contribution is 2.07. The van der Waals surface area contributed by atoms with Crippen LogP contribution in [0.4, 0.5) is 0 Å². The van der Waals surface area contributed by atoms with Crippen molar-refractivity contribution in [3.8, 4) is 0 Å². The van der Waals surface area contributed by atoms with Gasteiger partial charge in [-0.3, -0.25) is 20.4 Å². The van der Waals surface area contributed by atoms with E-state index in [-0.39, 0.29) is 11.8 Å². The molecule has 2 rings (SSSR count). The number of nitrogens with one attached hydrogen (secondary N) is 2. The van der Waals surface area contributed by atoms with Crippen molar-refractivity contribution in [3.05, 3.63) is 38.7 Å². The summed E-state index contributed by atoms with van der Waals surface area (Å²) in [5.74, 6) is -0.593. The Labute approximate surface area is 107 Å². The summed E-state index contributed by atoms with van der Waals surface area (Å²) in [6, 6.07) is 5.34. The fraction of sp³-hybridized carbons (Fsp3) is 0. The minimum atomic E-state index is -0.303. The third kappa shape index (κ3) is 2.75. The van der Waals surface area contributed by atoms with Crippen molar-refractivity contribution < 1.29 is 9.59 Å². The summed E-state index contributed by atoms with van der Waals surface area (Å²) in [5, 5.41) is 3.64. The molecule has 0 aromatic carbocycles. The van der Waals surface area contributed by atoms with Crippen molar-refractivity contribution in [1.82, 2.24) is 10.9 Å². The molecule has 0 aliphatic heterocycles. The van der Waals surface area contributed by atoms with Crippen molar-refractivity contribution >= 4 is 47.8 Å². The van der Waals surface area contributed by atoms with Gasteiger partial charge in [0, 0.05) is 0 Å². The molecule has 0 fully saturated rings. The number of thiophene rings is 2. The molecule has 0 aliphatic rings. The molecule has 0 radical (unpaired) electrons. The van der Waals surface area contributed by atoms with Crippen LogP contribution in [0.2, 0.25) is 0 Å². The van der Waals surface area contributed by atoms with Gasteiger partial charge in [0.25, 0.3) is 11.8 Å². The van der Waals surface area contributed by atoms with E-state index in [0.29, 0.717) is 9.75 Å². The van der Waals surface area contributed by atoms with Gasteiger partial charge in [0.2, 0.25) is 0 Å². The fourth-order valence-electron chi connectivity index (χ4n) is 1.25. The molecule has 86 valence electrons. The monoisotopic (exact) mass is 264 g/mol. The quantitative estimate of drug-likeness (QED) is 0.599. The molecule has 2 N–H and O–H groups in total. The van der Waals surface area contributed by atoms with E-state index in [1.54, 1.807) is 17.5 Å². The first-order valence-electron chi connectivity index (χ1n) is 4.87. The summed E-state index contributed by atoms with van der Waals surface area (Å²) < 4.78 is 0. The second-order valence-electron chi connectivity index (χ2n) is 3.32.